The van der Waals surface area contributed by atoms with Gasteiger partial charge in [-0.15, -0.1) is 0 Å². The SMILES string of the molecule is CCCCOCC1O[C@@H](CC(C)(C)[Si](C)(C)O)[C@@H](N=[N+]=[N-])C(O)[C@@H]1O. The van der Waals surface area contributed by atoms with Crippen molar-refractivity contribution in [3.05, 3.63) is 10.4 Å². The van der Waals surface area contributed by atoms with E-state index in [4.69, 9.17) is 15.0 Å². The molecule has 0 spiro atoms. The zero-order chi connectivity index (χ0) is 19.3. The highest BCUT2D eigenvalue weighted by atomic mass is 28.4. The first-order valence-corrected chi connectivity index (χ1v) is 11.9. The number of nitrogens with zero attached hydrogens (tertiary/aromatic N) is 3. The van der Waals surface area contributed by atoms with Gasteiger partial charge in [0.15, 0.2) is 8.32 Å². The van der Waals surface area contributed by atoms with Gasteiger partial charge in [-0.2, -0.15) is 0 Å². The van der Waals surface area contributed by atoms with Gasteiger partial charge >= 0.3 is 0 Å². The fourth-order valence-electron chi connectivity index (χ4n) is 2.74. The lowest BCUT2D eigenvalue weighted by Gasteiger charge is -2.45. The average molecular weight is 376 g/mol. The van der Waals surface area contributed by atoms with Gasteiger partial charge in [-0.05, 0) is 36.5 Å². The first-order valence-electron chi connectivity index (χ1n) is 8.91. The molecule has 0 aromatic carbocycles. The smallest absolute Gasteiger partial charge is 0.188 e. The molecule has 146 valence electrons. The summed E-state index contributed by atoms with van der Waals surface area (Å²) in [6.07, 6.45) is -1.37. The Bertz CT molecular complexity index is 465. The molecule has 8 nitrogen and oxygen atoms in total. The summed E-state index contributed by atoms with van der Waals surface area (Å²) in [5.41, 5.74) is 8.81. The Morgan fingerprint density at radius 1 is 1.24 bits per heavy atom. The van der Waals surface area contributed by atoms with Crippen molar-refractivity contribution >= 4 is 8.32 Å². The summed E-state index contributed by atoms with van der Waals surface area (Å²) < 4.78 is 11.5. The van der Waals surface area contributed by atoms with E-state index in [1.54, 1.807) is 0 Å². The molecule has 0 amide bonds. The Morgan fingerprint density at radius 3 is 2.40 bits per heavy atom. The molecule has 3 N–H and O–H groups in total. The molecule has 1 aliphatic heterocycles. The van der Waals surface area contributed by atoms with E-state index in [1.165, 1.54) is 0 Å². The van der Waals surface area contributed by atoms with Crippen molar-refractivity contribution in [2.75, 3.05) is 13.2 Å². The highest BCUT2D eigenvalue weighted by Gasteiger charge is 2.48. The maximum Gasteiger partial charge on any atom is 0.188 e. The maximum absolute atomic E-state index is 10.5. The minimum Gasteiger partial charge on any atom is -0.432 e. The van der Waals surface area contributed by atoms with Crippen molar-refractivity contribution in [2.45, 2.75) is 88.6 Å². The van der Waals surface area contributed by atoms with Crippen molar-refractivity contribution < 1.29 is 24.5 Å². The standard InChI is InChI=1S/C16H33N3O5Si/c1-6-7-8-23-10-12-14(20)15(21)13(18-19-17)11(24-12)9-16(2,3)25(4,5)22/h11-15,20-22H,6-10H2,1-5H3/t11-,12?,13+,14+,15?/m0/s1. The molecule has 9 heteroatoms. The summed E-state index contributed by atoms with van der Waals surface area (Å²) in [6, 6.07) is -0.900. The number of hydrogen-bond donors (Lipinski definition) is 3. The zero-order valence-electron chi connectivity index (χ0n) is 15.9. The van der Waals surface area contributed by atoms with Crippen molar-refractivity contribution in [2.24, 2.45) is 5.11 Å². The normalized spacial score (nSPS) is 30.8. The molecule has 1 fully saturated rings. The molecule has 1 aliphatic rings. The van der Waals surface area contributed by atoms with Crippen molar-refractivity contribution in [3.63, 3.8) is 0 Å². The summed E-state index contributed by atoms with van der Waals surface area (Å²) in [6.45, 7) is 10.4. The molecule has 0 bridgehead atoms. The fourth-order valence-corrected chi connectivity index (χ4v) is 3.44. The highest BCUT2D eigenvalue weighted by molar-refractivity contribution is 6.72. The van der Waals surface area contributed by atoms with Gasteiger partial charge in [0.25, 0.3) is 0 Å². The number of azide groups is 1. The number of aliphatic hydroxyl groups is 2. The van der Waals surface area contributed by atoms with Crippen molar-refractivity contribution in [1.82, 2.24) is 0 Å². The third kappa shape index (κ3) is 5.92. The first-order chi connectivity index (χ1) is 11.5. The second kappa shape index (κ2) is 9.32. The quantitative estimate of drug-likeness (QED) is 0.187. The second-order valence-electron chi connectivity index (χ2n) is 7.97. The van der Waals surface area contributed by atoms with E-state index >= 15 is 0 Å². The molecule has 0 aromatic rings. The van der Waals surface area contributed by atoms with Gasteiger partial charge in [-0.1, -0.05) is 32.3 Å². The molecular formula is C16H33N3O5Si. The van der Waals surface area contributed by atoms with Crippen LogP contribution in [0.1, 0.15) is 40.0 Å². The molecule has 0 aliphatic carbocycles. The lowest BCUT2D eigenvalue weighted by Crippen LogP contribution is -2.59. The molecule has 5 atom stereocenters. The van der Waals surface area contributed by atoms with E-state index in [-0.39, 0.29) is 6.61 Å². The van der Waals surface area contributed by atoms with E-state index in [9.17, 15) is 15.0 Å². The number of aliphatic hydroxyl groups excluding tert-OH is 2. The molecule has 1 rings (SSSR count). The van der Waals surface area contributed by atoms with E-state index in [0.29, 0.717) is 13.0 Å². The predicted octanol–water partition coefficient (Wildman–Crippen LogP) is 2.34. The van der Waals surface area contributed by atoms with Crippen molar-refractivity contribution in [1.29, 1.82) is 0 Å². The number of hydrogen-bond acceptors (Lipinski definition) is 6. The van der Waals surface area contributed by atoms with Crippen LogP contribution >= 0.6 is 0 Å². The van der Waals surface area contributed by atoms with Crippen LogP contribution in [0.4, 0.5) is 0 Å². The molecule has 0 radical (unpaired) electrons. The van der Waals surface area contributed by atoms with Gasteiger partial charge in [0.2, 0.25) is 0 Å². The van der Waals surface area contributed by atoms with Gasteiger partial charge in [0.05, 0.1) is 24.9 Å². The molecule has 1 saturated heterocycles. The predicted molar refractivity (Wildman–Crippen MR) is 97.7 cm³/mol. The molecule has 0 aromatic heterocycles. The minimum atomic E-state index is -2.51. The molecule has 2 unspecified atom stereocenters. The lowest BCUT2D eigenvalue weighted by molar-refractivity contribution is -0.196. The molecule has 25 heavy (non-hydrogen) atoms. The van der Waals surface area contributed by atoms with Gasteiger partial charge in [0, 0.05) is 11.5 Å². The fraction of sp³-hybridized carbons (Fsp3) is 1.00. The highest BCUT2D eigenvalue weighted by Crippen LogP contribution is 2.43. The second-order valence-corrected chi connectivity index (χ2v) is 12.4. The van der Waals surface area contributed by atoms with Gasteiger partial charge < -0.3 is 24.5 Å². The Morgan fingerprint density at radius 2 is 1.88 bits per heavy atom. The summed E-state index contributed by atoms with van der Waals surface area (Å²) in [7, 11) is -2.51. The van der Waals surface area contributed by atoms with Crippen LogP contribution in [0.3, 0.4) is 0 Å². The molecular weight excluding hydrogens is 342 g/mol. The third-order valence-corrected chi connectivity index (χ3v) is 8.80. The summed E-state index contributed by atoms with van der Waals surface area (Å²) >= 11 is 0. The van der Waals surface area contributed by atoms with Crippen LogP contribution < -0.4 is 0 Å². The Kier molecular flexibility index (Phi) is 8.34. The Balaban J connectivity index is 2.91. The first kappa shape index (κ1) is 22.4. The summed E-state index contributed by atoms with van der Waals surface area (Å²) in [4.78, 5) is 13.3. The van der Waals surface area contributed by atoms with Crippen LogP contribution in [0.25, 0.3) is 10.4 Å². The minimum absolute atomic E-state index is 0.165. The van der Waals surface area contributed by atoms with Crippen LogP contribution in [0, 0.1) is 0 Å². The molecule has 0 saturated carbocycles. The van der Waals surface area contributed by atoms with Gasteiger partial charge in [-0.3, -0.25) is 0 Å². The van der Waals surface area contributed by atoms with E-state index in [1.807, 2.05) is 26.9 Å². The summed E-state index contributed by atoms with van der Waals surface area (Å²) in [5.74, 6) is 0. The molecule has 1 heterocycles. The maximum atomic E-state index is 10.5. The van der Waals surface area contributed by atoms with E-state index in [2.05, 4.69) is 16.9 Å². The van der Waals surface area contributed by atoms with Crippen LogP contribution in [-0.4, -0.2) is 67.0 Å². The average Bonchev–Trinajstić information content (AvgIpc) is 2.50. The largest absolute Gasteiger partial charge is 0.432 e. The summed E-state index contributed by atoms with van der Waals surface area (Å²) in [5, 5.41) is 23.9. The van der Waals surface area contributed by atoms with Crippen LogP contribution in [0.15, 0.2) is 5.11 Å². The van der Waals surface area contributed by atoms with E-state index in [0.717, 1.165) is 12.8 Å². The van der Waals surface area contributed by atoms with Crippen LogP contribution in [0.5, 0.6) is 0 Å². The number of rotatable bonds is 9. The van der Waals surface area contributed by atoms with Crippen LogP contribution in [0.2, 0.25) is 18.1 Å². The number of ether oxygens (including phenoxy) is 2. The number of unbranched alkanes of at least 4 members (excludes halogenated alkanes) is 1. The topological polar surface area (TPSA) is 128 Å². The van der Waals surface area contributed by atoms with Crippen molar-refractivity contribution in [3.8, 4) is 0 Å². The van der Waals surface area contributed by atoms with Gasteiger partial charge in [-0.25, -0.2) is 0 Å². The Labute approximate surface area is 150 Å². The third-order valence-electron chi connectivity index (χ3n) is 5.29. The Hall–Kier alpha value is -0.673. The van der Waals surface area contributed by atoms with E-state index < -0.39 is 43.8 Å². The lowest BCUT2D eigenvalue weighted by atomic mass is 9.88. The van der Waals surface area contributed by atoms with Gasteiger partial charge in [0.1, 0.15) is 12.2 Å². The zero-order valence-corrected chi connectivity index (χ0v) is 16.9. The van der Waals surface area contributed by atoms with Crippen LogP contribution in [-0.2, 0) is 9.47 Å². The monoisotopic (exact) mass is 375 g/mol.